The Bertz CT molecular complexity index is 227. The number of thioether (sulfide) groups is 2. The molecule has 1 atom stereocenters. The Kier molecular flexibility index (Phi) is 5.33. The molecule has 2 nitrogen and oxygen atoms in total. The van der Waals surface area contributed by atoms with E-state index in [1.807, 2.05) is 23.5 Å². The predicted molar refractivity (Wildman–Crippen MR) is 74.1 cm³/mol. The molecule has 0 fully saturated rings. The summed E-state index contributed by atoms with van der Waals surface area (Å²) < 4.78 is 0. The van der Waals surface area contributed by atoms with Crippen molar-refractivity contribution in [1.29, 1.82) is 0 Å². The highest BCUT2D eigenvalue weighted by atomic mass is 32.2. The number of hydrogen-bond donors (Lipinski definition) is 1. The fourth-order valence-corrected chi connectivity index (χ4v) is 3.01. The smallest absolute Gasteiger partial charge is 0.156 e. The molecule has 0 amide bonds. The summed E-state index contributed by atoms with van der Waals surface area (Å²) in [4.78, 5) is 4.59. The first kappa shape index (κ1) is 13.2. The number of amidine groups is 1. The summed E-state index contributed by atoms with van der Waals surface area (Å²) in [5.41, 5.74) is 0.372. The van der Waals surface area contributed by atoms with Gasteiger partial charge in [-0.05, 0) is 18.1 Å². The van der Waals surface area contributed by atoms with Gasteiger partial charge in [-0.3, -0.25) is 4.99 Å². The van der Waals surface area contributed by atoms with Gasteiger partial charge in [0.1, 0.15) is 0 Å². The molecule has 0 saturated heterocycles. The van der Waals surface area contributed by atoms with E-state index in [4.69, 9.17) is 0 Å². The number of aliphatic imine (C=N–C) groups is 1. The molecule has 0 aliphatic carbocycles. The Morgan fingerprint density at radius 3 is 2.87 bits per heavy atom. The molecule has 15 heavy (non-hydrogen) atoms. The van der Waals surface area contributed by atoms with E-state index in [1.165, 1.54) is 17.3 Å². The molecule has 1 aliphatic heterocycles. The number of nitrogens with zero attached hydrogens (tertiary/aromatic N) is 1. The second-order valence-electron chi connectivity index (χ2n) is 4.78. The van der Waals surface area contributed by atoms with E-state index in [0.717, 1.165) is 11.7 Å². The summed E-state index contributed by atoms with van der Waals surface area (Å²) >= 11 is 3.84. The summed E-state index contributed by atoms with van der Waals surface area (Å²) in [7, 11) is 0. The van der Waals surface area contributed by atoms with Crippen molar-refractivity contribution < 1.29 is 0 Å². The maximum Gasteiger partial charge on any atom is 0.156 e. The van der Waals surface area contributed by atoms with Crippen molar-refractivity contribution in [2.75, 3.05) is 23.8 Å². The normalized spacial score (nSPS) is 22.0. The highest BCUT2D eigenvalue weighted by Crippen LogP contribution is 2.27. The fraction of sp³-hybridized carbons (Fsp3) is 0.909. The van der Waals surface area contributed by atoms with Crippen LogP contribution in [-0.4, -0.2) is 35.0 Å². The van der Waals surface area contributed by atoms with E-state index in [9.17, 15) is 0 Å². The first-order chi connectivity index (χ1) is 7.03. The van der Waals surface area contributed by atoms with E-state index in [2.05, 4.69) is 38.0 Å². The van der Waals surface area contributed by atoms with E-state index in [-0.39, 0.29) is 0 Å². The van der Waals surface area contributed by atoms with E-state index in [0.29, 0.717) is 11.5 Å². The average molecular weight is 246 g/mol. The minimum absolute atomic E-state index is 0.372. The third-order valence-corrected chi connectivity index (χ3v) is 4.78. The second-order valence-corrected chi connectivity index (χ2v) is 7.06. The molecule has 0 aromatic rings. The zero-order valence-corrected chi connectivity index (χ0v) is 11.8. The number of hydrogen-bond acceptors (Lipinski definition) is 4. The van der Waals surface area contributed by atoms with Crippen LogP contribution in [0.15, 0.2) is 4.99 Å². The molecule has 1 aliphatic rings. The Morgan fingerprint density at radius 2 is 2.33 bits per heavy atom. The molecule has 1 heterocycles. The third-order valence-electron chi connectivity index (χ3n) is 2.19. The van der Waals surface area contributed by atoms with Crippen molar-refractivity contribution in [2.24, 2.45) is 10.4 Å². The Hall–Kier alpha value is 0.170. The minimum atomic E-state index is 0.372. The van der Waals surface area contributed by atoms with Crippen LogP contribution in [0.3, 0.4) is 0 Å². The number of rotatable bonds is 4. The van der Waals surface area contributed by atoms with Crippen molar-refractivity contribution in [2.45, 2.75) is 33.7 Å². The zero-order valence-electron chi connectivity index (χ0n) is 10.2. The van der Waals surface area contributed by atoms with Crippen LogP contribution in [0.4, 0.5) is 0 Å². The van der Waals surface area contributed by atoms with Gasteiger partial charge in [-0.2, -0.15) is 11.8 Å². The van der Waals surface area contributed by atoms with Crippen molar-refractivity contribution in [3.63, 3.8) is 0 Å². The maximum atomic E-state index is 4.59. The minimum Gasteiger partial charge on any atom is -0.362 e. The molecule has 0 bridgehead atoms. The monoisotopic (exact) mass is 246 g/mol. The van der Waals surface area contributed by atoms with Crippen molar-refractivity contribution >= 4 is 28.7 Å². The van der Waals surface area contributed by atoms with Gasteiger partial charge in [-0.15, -0.1) is 0 Å². The highest BCUT2D eigenvalue weighted by molar-refractivity contribution is 8.13. The topological polar surface area (TPSA) is 24.4 Å². The summed E-state index contributed by atoms with van der Waals surface area (Å²) in [6.07, 6.45) is 0. The van der Waals surface area contributed by atoms with Gasteiger partial charge >= 0.3 is 0 Å². The first-order valence-corrected chi connectivity index (χ1v) is 7.69. The van der Waals surface area contributed by atoms with Gasteiger partial charge in [0.05, 0.1) is 0 Å². The van der Waals surface area contributed by atoms with Crippen molar-refractivity contribution in [1.82, 2.24) is 5.32 Å². The molecule has 0 saturated carbocycles. The van der Waals surface area contributed by atoms with Crippen molar-refractivity contribution in [3.8, 4) is 0 Å². The van der Waals surface area contributed by atoms with E-state index in [1.54, 1.807) is 0 Å². The predicted octanol–water partition coefficient (Wildman–Crippen LogP) is 2.85. The number of nitrogens with one attached hydrogen (secondary N) is 1. The van der Waals surface area contributed by atoms with Crippen LogP contribution in [0, 0.1) is 5.41 Å². The van der Waals surface area contributed by atoms with Gasteiger partial charge in [0, 0.05) is 24.1 Å². The van der Waals surface area contributed by atoms with Crippen LogP contribution >= 0.6 is 23.5 Å². The highest BCUT2D eigenvalue weighted by Gasteiger charge is 2.23. The lowest BCUT2D eigenvalue weighted by Crippen LogP contribution is -2.37. The third kappa shape index (κ3) is 5.16. The molecule has 0 spiro atoms. The molecule has 1 rings (SSSR count). The van der Waals surface area contributed by atoms with Gasteiger partial charge in [0.25, 0.3) is 0 Å². The summed E-state index contributed by atoms with van der Waals surface area (Å²) in [5, 5.41) is 4.62. The lowest BCUT2D eigenvalue weighted by Gasteiger charge is -2.28. The van der Waals surface area contributed by atoms with Gasteiger partial charge in [0.2, 0.25) is 0 Å². The van der Waals surface area contributed by atoms with Gasteiger partial charge in [-0.25, -0.2) is 0 Å². The summed E-state index contributed by atoms with van der Waals surface area (Å²) in [6.45, 7) is 9.93. The van der Waals surface area contributed by atoms with Crippen LogP contribution < -0.4 is 5.32 Å². The molecule has 0 aromatic heterocycles. The van der Waals surface area contributed by atoms with Crippen LogP contribution in [-0.2, 0) is 0 Å². The second kappa shape index (κ2) is 6.04. The van der Waals surface area contributed by atoms with Gasteiger partial charge in [0.15, 0.2) is 5.17 Å². The first-order valence-electron chi connectivity index (χ1n) is 5.55. The Morgan fingerprint density at radius 1 is 1.60 bits per heavy atom. The molecular weight excluding hydrogens is 224 g/mol. The fourth-order valence-electron chi connectivity index (χ4n) is 1.28. The summed E-state index contributed by atoms with van der Waals surface area (Å²) in [6, 6.07) is 0.530. The van der Waals surface area contributed by atoms with Crippen LogP contribution in [0.1, 0.15) is 27.7 Å². The lowest BCUT2D eigenvalue weighted by atomic mass is 9.97. The maximum absolute atomic E-state index is 4.59. The quantitative estimate of drug-likeness (QED) is 0.825. The van der Waals surface area contributed by atoms with E-state index < -0.39 is 0 Å². The molecule has 1 unspecified atom stereocenters. The average Bonchev–Trinajstić information content (AvgIpc) is 2.18. The standard InChI is InChI=1S/C11H22N2S2/c1-5-14-6-9(2)13-10-12-7-11(3,4)8-15-10/h9H,5-8H2,1-4H3,(H,12,13). The molecule has 88 valence electrons. The SMILES string of the molecule is CCSCC(C)NC1=NCC(C)(C)CS1. The molecule has 4 heteroatoms. The van der Waals surface area contributed by atoms with Crippen LogP contribution in [0.25, 0.3) is 0 Å². The van der Waals surface area contributed by atoms with Crippen molar-refractivity contribution in [3.05, 3.63) is 0 Å². The summed E-state index contributed by atoms with van der Waals surface area (Å²) in [5.74, 6) is 3.53. The van der Waals surface area contributed by atoms with E-state index >= 15 is 0 Å². The lowest BCUT2D eigenvalue weighted by molar-refractivity contribution is 0.436. The largest absolute Gasteiger partial charge is 0.362 e. The Labute approximate surface area is 102 Å². The Balaban J connectivity index is 2.30. The zero-order chi connectivity index (χ0) is 11.3. The van der Waals surface area contributed by atoms with Crippen LogP contribution in [0.5, 0.6) is 0 Å². The molecular formula is C11H22N2S2. The van der Waals surface area contributed by atoms with Crippen LogP contribution in [0.2, 0.25) is 0 Å². The molecule has 0 aromatic carbocycles. The molecule has 1 N–H and O–H groups in total. The van der Waals surface area contributed by atoms with Gasteiger partial charge < -0.3 is 5.32 Å². The molecule has 0 radical (unpaired) electrons. The van der Waals surface area contributed by atoms with Gasteiger partial charge in [-0.1, -0.05) is 32.5 Å².